The molecule has 0 radical (unpaired) electrons. The summed E-state index contributed by atoms with van der Waals surface area (Å²) in [6, 6.07) is 5.90. The number of carbonyl (C=O) groups is 1. The fourth-order valence-electron chi connectivity index (χ4n) is 2.26. The zero-order chi connectivity index (χ0) is 17.3. The Labute approximate surface area is 147 Å². The molecular formula is C15H13BrN4O3S. The van der Waals surface area contributed by atoms with Gasteiger partial charge in [-0.2, -0.15) is 10.4 Å². The molecule has 0 atom stereocenters. The average molecular weight is 409 g/mol. The maximum absolute atomic E-state index is 12.3. The predicted molar refractivity (Wildman–Crippen MR) is 88.4 cm³/mol. The van der Waals surface area contributed by atoms with E-state index in [0.717, 1.165) is 18.4 Å². The lowest BCUT2D eigenvalue weighted by Crippen LogP contribution is -2.33. The number of hydrogen-bond donors (Lipinski definition) is 1. The lowest BCUT2D eigenvalue weighted by molar-refractivity contribution is -0.120. The summed E-state index contributed by atoms with van der Waals surface area (Å²) in [6.45, 7) is -0.189. The molecule has 1 heterocycles. The predicted octanol–water partition coefficient (Wildman–Crippen LogP) is 1.90. The molecule has 124 valence electrons. The first-order chi connectivity index (χ1) is 11.4. The van der Waals surface area contributed by atoms with Gasteiger partial charge in [0.2, 0.25) is 0 Å². The quantitative estimate of drug-likeness (QED) is 0.812. The first-order valence-corrected chi connectivity index (χ1v) is 9.44. The van der Waals surface area contributed by atoms with Gasteiger partial charge in [-0.1, -0.05) is 15.9 Å². The fraction of sp³-hybridized carbons (Fsp3) is 0.267. The van der Waals surface area contributed by atoms with Gasteiger partial charge in [-0.05, 0) is 42.5 Å². The van der Waals surface area contributed by atoms with E-state index in [-0.39, 0.29) is 17.0 Å². The maximum atomic E-state index is 12.3. The molecule has 1 aromatic carbocycles. The minimum Gasteiger partial charge on any atom is -0.272 e. The molecular weight excluding hydrogens is 396 g/mol. The van der Waals surface area contributed by atoms with Crippen molar-refractivity contribution in [3.8, 4) is 6.07 Å². The SMILES string of the molecule is N#Cc1cc(Br)cc(S(=O)(=O)NC(=O)Cn2cc(C3CC3)cn2)c1. The summed E-state index contributed by atoms with van der Waals surface area (Å²) < 4.78 is 28.4. The largest absolute Gasteiger partial charge is 0.272 e. The summed E-state index contributed by atoms with van der Waals surface area (Å²) in [4.78, 5) is 11.9. The molecule has 1 aliphatic carbocycles. The Hall–Kier alpha value is -2.18. The van der Waals surface area contributed by atoms with Crippen LogP contribution < -0.4 is 4.72 Å². The van der Waals surface area contributed by atoms with Gasteiger partial charge in [0.15, 0.2) is 0 Å². The molecule has 0 saturated heterocycles. The van der Waals surface area contributed by atoms with Gasteiger partial charge in [0.05, 0.1) is 22.7 Å². The Balaban J connectivity index is 1.72. The van der Waals surface area contributed by atoms with E-state index < -0.39 is 15.9 Å². The molecule has 1 aromatic heterocycles. The van der Waals surface area contributed by atoms with E-state index in [2.05, 4.69) is 21.0 Å². The van der Waals surface area contributed by atoms with Crippen LogP contribution in [0.25, 0.3) is 0 Å². The Kier molecular flexibility index (Phi) is 4.43. The lowest BCUT2D eigenvalue weighted by atomic mass is 10.2. The highest BCUT2D eigenvalue weighted by Gasteiger charge is 2.25. The standard InChI is InChI=1S/C15H13BrN4O3S/c16-13-3-10(6-17)4-14(5-13)24(22,23)19-15(21)9-20-8-12(7-18-20)11-1-2-11/h3-5,7-8,11H,1-2,9H2,(H,19,21). The van der Waals surface area contributed by atoms with Crippen molar-refractivity contribution in [2.24, 2.45) is 0 Å². The fourth-order valence-corrected chi connectivity index (χ4v) is 3.96. The number of benzene rings is 1. The second-order valence-electron chi connectivity index (χ2n) is 5.56. The van der Waals surface area contributed by atoms with Crippen molar-refractivity contribution in [2.75, 3.05) is 0 Å². The molecule has 1 saturated carbocycles. The van der Waals surface area contributed by atoms with Gasteiger partial charge in [0.1, 0.15) is 6.54 Å². The van der Waals surface area contributed by atoms with E-state index in [9.17, 15) is 13.2 Å². The number of carbonyl (C=O) groups excluding carboxylic acids is 1. The number of sulfonamides is 1. The van der Waals surface area contributed by atoms with Crippen molar-refractivity contribution in [1.29, 1.82) is 5.26 Å². The van der Waals surface area contributed by atoms with Gasteiger partial charge in [-0.3, -0.25) is 9.48 Å². The number of hydrogen-bond acceptors (Lipinski definition) is 5. The van der Waals surface area contributed by atoms with E-state index in [4.69, 9.17) is 5.26 Å². The Bertz CT molecular complexity index is 942. The van der Waals surface area contributed by atoms with Crippen LogP contribution >= 0.6 is 15.9 Å². The summed E-state index contributed by atoms with van der Waals surface area (Å²) in [6.07, 6.45) is 5.70. The third kappa shape index (κ3) is 3.83. The maximum Gasteiger partial charge on any atom is 0.264 e. The monoisotopic (exact) mass is 408 g/mol. The topological polar surface area (TPSA) is 105 Å². The molecule has 24 heavy (non-hydrogen) atoms. The zero-order valence-corrected chi connectivity index (χ0v) is 14.8. The van der Waals surface area contributed by atoms with Gasteiger partial charge in [0, 0.05) is 10.7 Å². The summed E-state index contributed by atoms with van der Waals surface area (Å²) in [7, 11) is -4.05. The molecule has 0 unspecified atom stereocenters. The van der Waals surface area contributed by atoms with Crippen molar-refractivity contribution in [3.63, 3.8) is 0 Å². The number of rotatable bonds is 5. The molecule has 3 rings (SSSR count). The second kappa shape index (κ2) is 6.37. The normalized spacial score (nSPS) is 14.2. The Morgan fingerprint density at radius 2 is 2.17 bits per heavy atom. The average Bonchev–Trinajstić information content (AvgIpc) is 3.26. The van der Waals surface area contributed by atoms with Crippen molar-refractivity contribution in [3.05, 3.63) is 46.2 Å². The van der Waals surface area contributed by atoms with Crippen LogP contribution in [0.3, 0.4) is 0 Å². The number of halogens is 1. The minimum atomic E-state index is -4.05. The molecule has 7 nitrogen and oxygen atoms in total. The van der Waals surface area contributed by atoms with Crippen LogP contribution in [0.15, 0.2) is 40.0 Å². The zero-order valence-electron chi connectivity index (χ0n) is 12.4. The first kappa shape index (κ1) is 16.7. The van der Waals surface area contributed by atoms with Crippen molar-refractivity contribution >= 4 is 31.9 Å². The molecule has 0 aliphatic heterocycles. The van der Waals surface area contributed by atoms with Crippen molar-refractivity contribution in [1.82, 2.24) is 14.5 Å². The van der Waals surface area contributed by atoms with Crippen molar-refractivity contribution < 1.29 is 13.2 Å². The molecule has 0 spiro atoms. The van der Waals surface area contributed by atoms with E-state index in [1.807, 2.05) is 10.8 Å². The third-order valence-electron chi connectivity index (χ3n) is 3.57. The van der Waals surface area contributed by atoms with Crippen LogP contribution in [-0.2, 0) is 21.4 Å². The van der Waals surface area contributed by atoms with Crippen molar-refractivity contribution in [2.45, 2.75) is 30.2 Å². The number of amides is 1. The highest BCUT2D eigenvalue weighted by molar-refractivity contribution is 9.10. The summed E-state index contributed by atoms with van der Waals surface area (Å²) in [5.74, 6) is -0.185. The van der Waals surface area contributed by atoms with Crippen LogP contribution in [0.4, 0.5) is 0 Å². The van der Waals surface area contributed by atoms with E-state index in [1.165, 1.54) is 22.9 Å². The third-order valence-corrected chi connectivity index (χ3v) is 5.38. The lowest BCUT2D eigenvalue weighted by Gasteiger charge is -2.08. The highest BCUT2D eigenvalue weighted by Crippen LogP contribution is 2.39. The molecule has 1 aliphatic rings. The molecule has 1 fully saturated rings. The second-order valence-corrected chi connectivity index (χ2v) is 8.16. The molecule has 0 bridgehead atoms. The Morgan fingerprint density at radius 1 is 1.42 bits per heavy atom. The highest BCUT2D eigenvalue weighted by atomic mass is 79.9. The first-order valence-electron chi connectivity index (χ1n) is 7.16. The number of aromatic nitrogens is 2. The minimum absolute atomic E-state index is 0.152. The Morgan fingerprint density at radius 3 is 2.83 bits per heavy atom. The summed E-state index contributed by atoms with van der Waals surface area (Å²) in [5, 5.41) is 13.0. The molecule has 9 heteroatoms. The van der Waals surface area contributed by atoms with E-state index in [1.54, 1.807) is 12.4 Å². The van der Waals surface area contributed by atoms with Gasteiger partial charge in [-0.25, -0.2) is 13.1 Å². The van der Waals surface area contributed by atoms with Gasteiger partial charge in [0.25, 0.3) is 15.9 Å². The number of nitrogens with one attached hydrogen (secondary N) is 1. The van der Waals surface area contributed by atoms with Gasteiger partial charge >= 0.3 is 0 Å². The van der Waals surface area contributed by atoms with E-state index in [0.29, 0.717) is 10.4 Å². The number of nitriles is 1. The van der Waals surface area contributed by atoms with Crippen LogP contribution in [-0.4, -0.2) is 24.1 Å². The van der Waals surface area contributed by atoms with Crippen LogP contribution in [0.2, 0.25) is 0 Å². The van der Waals surface area contributed by atoms with Crippen LogP contribution in [0.5, 0.6) is 0 Å². The number of nitrogens with zero attached hydrogens (tertiary/aromatic N) is 3. The molecule has 2 aromatic rings. The van der Waals surface area contributed by atoms with Crippen LogP contribution in [0, 0.1) is 11.3 Å². The summed E-state index contributed by atoms with van der Waals surface area (Å²) in [5.41, 5.74) is 1.25. The van der Waals surface area contributed by atoms with Crippen LogP contribution in [0.1, 0.15) is 29.9 Å². The smallest absolute Gasteiger partial charge is 0.264 e. The molecule has 1 amide bonds. The van der Waals surface area contributed by atoms with Gasteiger partial charge < -0.3 is 0 Å². The van der Waals surface area contributed by atoms with Gasteiger partial charge in [-0.15, -0.1) is 0 Å². The summed E-state index contributed by atoms with van der Waals surface area (Å²) >= 11 is 3.15. The van der Waals surface area contributed by atoms with E-state index >= 15 is 0 Å². The molecule has 1 N–H and O–H groups in total.